The van der Waals surface area contributed by atoms with Crippen LogP contribution in [0.1, 0.15) is 22.7 Å². The van der Waals surface area contributed by atoms with Gasteiger partial charge >= 0.3 is 0 Å². The smallest absolute Gasteiger partial charge is 0.171 e. The van der Waals surface area contributed by atoms with E-state index in [2.05, 4.69) is 54.0 Å². The third-order valence-corrected chi connectivity index (χ3v) is 4.49. The van der Waals surface area contributed by atoms with E-state index in [4.69, 9.17) is 23.8 Å². The molecule has 0 unspecified atom stereocenters. The number of rotatable bonds is 4. The molecule has 126 valence electrons. The quantitative estimate of drug-likeness (QED) is 0.577. The molecule has 0 fully saturated rings. The highest BCUT2D eigenvalue weighted by Gasteiger charge is 2.15. The number of halogens is 1. The van der Waals surface area contributed by atoms with Crippen molar-refractivity contribution in [1.82, 2.24) is 5.32 Å². The Kier molecular flexibility index (Phi) is 5.69. The molecule has 0 aliphatic heterocycles. The summed E-state index contributed by atoms with van der Waals surface area (Å²) in [7, 11) is 0. The van der Waals surface area contributed by atoms with E-state index < -0.39 is 0 Å². The maximum Gasteiger partial charge on any atom is 0.171 e. The van der Waals surface area contributed by atoms with Gasteiger partial charge in [-0.1, -0.05) is 83.9 Å². The van der Waals surface area contributed by atoms with E-state index in [1.807, 2.05) is 42.5 Å². The van der Waals surface area contributed by atoms with E-state index in [9.17, 15) is 0 Å². The molecule has 0 aromatic heterocycles. The second-order valence-corrected chi connectivity index (χ2v) is 6.65. The van der Waals surface area contributed by atoms with Crippen LogP contribution >= 0.6 is 23.8 Å². The first kappa shape index (κ1) is 17.5. The average molecular weight is 367 g/mol. The number of para-hydroxylation sites is 1. The van der Waals surface area contributed by atoms with Gasteiger partial charge in [-0.05, 0) is 42.4 Å². The van der Waals surface area contributed by atoms with Crippen LogP contribution in [-0.4, -0.2) is 5.11 Å². The van der Waals surface area contributed by atoms with E-state index in [0.717, 1.165) is 16.8 Å². The van der Waals surface area contributed by atoms with Crippen molar-refractivity contribution in [3.63, 3.8) is 0 Å². The minimum atomic E-state index is -0.0377. The first-order chi connectivity index (χ1) is 12.1. The van der Waals surface area contributed by atoms with E-state index in [0.29, 0.717) is 10.1 Å². The molecule has 0 saturated heterocycles. The van der Waals surface area contributed by atoms with Gasteiger partial charge in [-0.3, -0.25) is 0 Å². The molecule has 0 bridgehead atoms. The zero-order valence-electron chi connectivity index (χ0n) is 13.9. The molecule has 25 heavy (non-hydrogen) atoms. The number of hydrogen-bond donors (Lipinski definition) is 2. The highest BCUT2D eigenvalue weighted by Crippen LogP contribution is 2.24. The summed E-state index contributed by atoms with van der Waals surface area (Å²) in [6.45, 7) is 2.08. The van der Waals surface area contributed by atoms with Gasteiger partial charge in [0.15, 0.2) is 5.11 Å². The Morgan fingerprint density at radius 3 is 2.12 bits per heavy atom. The molecule has 0 saturated carbocycles. The summed E-state index contributed by atoms with van der Waals surface area (Å²) in [5, 5.41) is 7.75. The molecule has 2 N–H and O–H groups in total. The van der Waals surface area contributed by atoms with Crippen LogP contribution in [0.5, 0.6) is 0 Å². The third-order valence-electron chi connectivity index (χ3n) is 3.94. The lowest BCUT2D eigenvalue weighted by molar-refractivity contribution is 0.768. The van der Waals surface area contributed by atoms with Crippen molar-refractivity contribution in [3.05, 3.63) is 101 Å². The zero-order valence-corrected chi connectivity index (χ0v) is 15.4. The monoisotopic (exact) mass is 366 g/mol. The topological polar surface area (TPSA) is 24.1 Å². The molecule has 3 aromatic rings. The van der Waals surface area contributed by atoms with Gasteiger partial charge in [0.25, 0.3) is 0 Å². The molecule has 4 heteroatoms. The molecule has 0 amide bonds. The summed E-state index contributed by atoms with van der Waals surface area (Å²) in [4.78, 5) is 0. The molecular formula is C21H19ClN2S. The summed E-state index contributed by atoms with van der Waals surface area (Å²) >= 11 is 11.7. The van der Waals surface area contributed by atoms with Crippen molar-refractivity contribution in [1.29, 1.82) is 0 Å². The van der Waals surface area contributed by atoms with E-state index in [1.165, 1.54) is 5.56 Å². The van der Waals surface area contributed by atoms with Crippen LogP contribution in [-0.2, 0) is 0 Å². The predicted octanol–water partition coefficient (Wildman–Crippen LogP) is 5.72. The summed E-state index contributed by atoms with van der Waals surface area (Å²) in [6.07, 6.45) is 0. The lowest BCUT2D eigenvalue weighted by Gasteiger charge is -2.22. The SMILES string of the molecule is Cc1ccc([C@H](NC(=S)Nc2ccccc2Cl)c2ccccc2)cc1. The second kappa shape index (κ2) is 8.15. The number of nitrogens with one attached hydrogen (secondary N) is 2. The van der Waals surface area contributed by atoms with E-state index in [-0.39, 0.29) is 6.04 Å². The second-order valence-electron chi connectivity index (χ2n) is 5.83. The van der Waals surface area contributed by atoms with Gasteiger partial charge in [0.05, 0.1) is 16.8 Å². The van der Waals surface area contributed by atoms with Gasteiger partial charge in [0.1, 0.15) is 0 Å². The standard InChI is InChI=1S/C21H19ClN2S/c1-15-11-13-17(14-12-15)20(16-7-3-2-4-8-16)24-21(25)23-19-10-6-5-9-18(19)22/h2-14,20H,1H3,(H2,23,24,25)/t20-/m1/s1. The Balaban J connectivity index is 1.84. The van der Waals surface area contributed by atoms with Crippen LogP contribution in [0.15, 0.2) is 78.9 Å². The molecule has 3 aromatic carbocycles. The summed E-state index contributed by atoms with van der Waals surface area (Å²) < 4.78 is 0. The average Bonchev–Trinajstić information content (AvgIpc) is 2.63. The summed E-state index contributed by atoms with van der Waals surface area (Å²) in [5.74, 6) is 0. The summed E-state index contributed by atoms with van der Waals surface area (Å²) in [6, 6.07) is 26.2. The van der Waals surface area contributed by atoms with Crippen molar-refractivity contribution >= 4 is 34.6 Å². The normalized spacial score (nSPS) is 11.6. The number of anilines is 1. The van der Waals surface area contributed by atoms with E-state index in [1.54, 1.807) is 0 Å². The van der Waals surface area contributed by atoms with Crippen LogP contribution in [0.3, 0.4) is 0 Å². The predicted molar refractivity (Wildman–Crippen MR) is 110 cm³/mol. The minimum Gasteiger partial charge on any atom is -0.352 e. The molecule has 3 rings (SSSR count). The van der Waals surface area contributed by atoms with Crippen LogP contribution in [0.25, 0.3) is 0 Å². The fourth-order valence-electron chi connectivity index (χ4n) is 2.62. The van der Waals surface area contributed by atoms with Crippen molar-refractivity contribution in [2.75, 3.05) is 5.32 Å². The fourth-order valence-corrected chi connectivity index (χ4v) is 3.03. The third kappa shape index (κ3) is 4.59. The van der Waals surface area contributed by atoms with Crippen LogP contribution in [0.4, 0.5) is 5.69 Å². The minimum absolute atomic E-state index is 0.0377. The number of hydrogen-bond acceptors (Lipinski definition) is 1. The Morgan fingerprint density at radius 1 is 0.840 bits per heavy atom. The van der Waals surface area contributed by atoms with Gasteiger partial charge in [-0.25, -0.2) is 0 Å². The van der Waals surface area contributed by atoms with Crippen molar-refractivity contribution in [2.45, 2.75) is 13.0 Å². The van der Waals surface area contributed by atoms with Crippen LogP contribution in [0, 0.1) is 6.92 Å². The van der Waals surface area contributed by atoms with Crippen molar-refractivity contribution in [3.8, 4) is 0 Å². The number of aryl methyl sites for hydroxylation is 1. The summed E-state index contributed by atoms with van der Waals surface area (Å²) in [5.41, 5.74) is 4.32. The highest BCUT2D eigenvalue weighted by atomic mass is 35.5. The molecule has 0 heterocycles. The van der Waals surface area contributed by atoms with Crippen LogP contribution < -0.4 is 10.6 Å². The maximum atomic E-state index is 6.21. The van der Waals surface area contributed by atoms with Crippen LogP contribution in [0.2, 0.25) is 5.02 Å². The van der Waals surface area contributed by atoms with Gasteiger partial charge in [-0.2, -0.15) is 0 Å². The molecule has 2 nitrogen and oxygen atoms in total. The number of benzene rings is 3. The van der Waals surface area contributed by atoms with Gasteiger partial charge in [0, 0.05) is 0 Å². The Hall–Kier alpha value is -2.36. The molecule has 1 atom stereocenters. The molecule has 0 aliphatic rings. The molecule has 0 radical (unpaired) electrons. The molecule has 0 aliphatic carbocycles. The maximum absolute atomic E-state index is 6.21. The van der Waals surface area contributed by atoms with Gasteiger partial charge in [0.2, 0.25) is 0 Å². The fraction of sp³-hybridized carbons (Fsp3) is 0.0952. The van der Waals surface area contributed by atoms with Crippen molar-refractivity contribution < 1.29 is 0 Å². The molecular weight excluding hydrogens is 348 g/mol. The molecule has 0 spiro atoms. The first-order valence-electron chi connectivity index (χ1n) is 8.07. The largest absolute Gasteiger partial charge is 0.352 e. The Bertz CT molecular complexity index is 847. The van der Waals surface area contributed by atoms with E-state index >= 15 is 0 Å². The lowest BCUT2D eigenvalue weighted by Crippen LogP contribution is -2.33. The van der Waals surface area contributed by atoms with Gasteiger partial charge in [-0.15, -0.1) is 0 Å². The zero-order chi connectivity index (χ0) is 17.6. The Morgan fingerprint density at radius 2 is 1.44 bits per heavy atom. The highest BCUT2D eigenvalue weighted by molar-refractivity contribution is 7.80. The van der Waals surface area contributed by atoms with Gasteiger partial charge < -0.3 is 10.6 Å². The number of thiocarbonyl (C=S) groups is 1. The lowest BCUT2D eigenvalue weighted by atomic mass is 9.98. The Labute approximate surface area is 158 Å². The van der Waals surface area contributed by atoms with Crippen molar-refractivity contribution in [2.24, 2.45) is 0 Å². The first-order valence-corrected chi connectivity index (χ1v) is 8.85.